The first-order valence-electron chi connectivity index (χ1n) is 11.0. The maximum absolute atomic E-state index is 12.5. The van der Waals surface area contributed by atoms with Gasteiger partial charge in [0.05, 0.1) is 31.7 Å². The maximum atomic E-state index is 12.5. The van der Waals surface area contributed by atoms with E-state index in [9.17, 15) is 13.2 Å². The molecule has 2 aromatic heterocycles. The van der Waals surface area contributed by atoms with Crippen LogP contribution in [-0.2, 0) is 24.1 Å². The van der Waals surface area contributed by atoms with Gasteiger partial charge in [-0.15, -0.1) is 11.3 Å². The third-order valence-corrected chi connectivity index (χ3v) is 6.97. The fourth-order valence-corrected chi connectivity index (χ4v) is 5.58. The van der Waals surface area contributed by atoms with Crippen LogP contribution in [-0.4, -0.2) is 78.9 Å². The summed E-state index contributed by atoms with van der Waals surface area (Å²) in [6.07, 6.45) is 0.980. The lowest BCUT2D eigenvalue weighted by molar-refractivity contribution is -0.142. The van der Waals surface area contributed by atoms with Crippen molar-refractivity contribution in [2.75, 3.05) is 58.3 Å². The SMILES string of the molecule is CN(CCCNc1nc(CN2CCOCC2)nc2sc3c(c12)CCCC3)CC(F)(F)F. The first-order valence-corrected chi connectivity index (χ1v) is 11.8. The number of nitrogens with one attached hydrogen (secondary N) is 1. The van der Waals surface area contributed by atoms with Gasteiger partial charge in [0.25, 0.3) is 0 Å². The smallest absolute Gasteiger partial charge is 0.379 e. The number of halogens is 3. The van der Waals surface area contributed by atoms with Crippen LogP contribution in [0.5, 0.6) is 0 Å². The van der Waals surface area contributed by atoms with E-state index in [4.69, 9.17) is 14.7 Å². The zero-order valence-electron chi connectivity index (χ0n) is 17.9. The van der Waals surface area contributed by atoms with Crippen LogP contribution in [0.25, 0.3) is 10.2 Å². The summed E-state index contributed by atoms with van der Waals surface area (Å²) in [4.78, 5) is 15.8. The van der Waals surface area contributed by atoms with Gasteiger partial charge >= 0.3 is 6.18 Å². The summed E-state index contributed by atoms with van der Waals surface area (Å²) >= 11 is 1.77. The maximum Gasteiger partial charge on any atom is 0.401 e. The second kappa shape index (κ2) is 9.97. The molecule has 6 nitrogen and oxygen atoms in total. The Hall–Kier alpha value is -1.49. The van der Waals surface area contributed by atoms with Gasteiger partial charge in [-0.25, -0.2) is 9.97 Å². The van der Waals surface area contributed by atoms with Crippen LogP contribution >= 0.6 is 11.3 Å². The van der Waals surface area contributed by atoms with Gasteiger partial charge in [-0.1, -0.05) is 0 Å². The average molecular weight is 458 g/mol. The fourth-order valence-electron chi connectivity index (χ4n) is 4.30. The molecule has 0 amide bonds. The van der Waals surface area contributed by atoms with E-state index in [1.165, 1.54) is 35.2 Å². The van der Waals surface area contributed by atoms with Crippen LogP contribution in [0.2, 0.25) is 0 Å². The van der Waals surface area contributed by atoms with Gasteiger partial charge in [0.1, 0.15) is 16.5 Å². The number of thiophene rings is 1. The van der Waals surface area contributed by atoms with E-state index >= 15 is 0 Å². The first kappa shape index (κ1) is 22.7. The number of morpholine rings is 1. The first-order chi connectivity index (χ1) is 14.9. The third kappa shape index (κ3) is 6.06. The van der Waals surface area contributed by atoms with Crippen molar-refractivity contribution in [3.63, 3.8) is 0 Å². The van der Waals surface area contributed by atoms with E-state index in [0.717, 1.165) is 61.0 Å². The molecular weight excluding hydrogens is 427 g/mol. The summed E-state index contributed by atoms with van der Waals surface area (Å²) < 4.78 is 43.0. The molecule has 4 rings (SSSR count). The zero-order chi connectivity index (χ0) is 21.8. The molecule has 31 heavy (non-hydrogen) atoms. The summed E-state index contributed by atoms with van der Waals surface area (Å²) in [5.41, 5.74) is 1.36. The van der Waals surface area contributed by atoms with Crippen LogP contribution in [0.1, 0.15) is 35.5 Å². The highest BCUT2D eigenvalue weighted by atomic mass is 32.1. The van der Waals surface area contributed by atoms with E-state index in [2.05, 4.69) is 10.2 Å². The molecule has 10 heteroatoms. The second-order valence-corrected chi connectivity index (χ2v) is 9.48. The van der Waals surface area contributed by atoms with Crippen LogP contribution < -0.4 is 5.32 Å². The van der Waals surface area contributed by atoms with Crippen molar-refractivity contribution in [1.29, 1.82) is 0 Å². The van der Waals surface area contributed by atoms with Crippen LogP contribution in [0.4, 0.5) is 19.0 Å². The molecule has 0 radical (unpaired) electrons. The monoisotopic (exact) mass is 457 g/mol. The summed E-state index contributed by atoms with van der Waals surface area (Å²) in [7, 11) is 1.51. The molecule has 3 heterocycles. The molecule has 0 aromatic carbocycles. The Morgan fingerprint density at radius 1 is 1.16 bits per heavy atom. The highest BCUT2D eigenvalue weighted by Gasteiger charge is 2.29. The Labute approximate surface area is 184 Å². The standard InChI is InChI=1S/C21H30F3N5OS/c1-28(14-21(22,23)24)8-4-7-25-19-18-15-5-2-3-6-16(15)31-20(18)27-17(26-19)13-29-9-11-30-12-10-29/h2-14H2,1H3,(H,25,26,27). The minimum Gasteiger partial charge on any atom is -0.379 e. The summed E-state index contributed by atoms with van der Waals surface area (Å²) in [5, 5.41) is 4.54. The van der Waals surface area contributed by atoms with Gasteiger partial charge < -0.3 is 10.1 Å². The van der Waals surface area contributed by atoms with Gasteiger partial charge in [0, 0.05) is 24.5 Å². The van der Waals surface area contributed by atoms with Crippen molar-refractivity contribution in [1.82, 2.24) is 19.8 Å². The molecule has 0 unspecified atom stereocenters. The van der Waals surface area contributed by atoms with Gasteiger partial charge in [-0.3, -0.25) is 9.80 Å². The predicted molar refractivity (Wildman–Crippen MR) is 117 cm³/mol. The number of hydrogen-bond acceptors (Lipinski definition) is 7. The Morgan fingerprint density at radius 3 is 2.71 bits per heavy atom. The molecule has 1 N–H and O–H groups in total. The van der Waals surface area contributed by atoms with Gasteiger partial charge in [-0.05, 0) is 51.3 Å². The van der Waals surface area contributed by atoms with Crippen molar-refractivity contribution in [2.45, 2.75) is 44.8 Å². The molecule has 1 aliphatic heterocycles. The Bertz CT molecular complexity index is 882. The summed E-state index contributed by atoms with van der Waals surface area (Å²) in [6.45, 7) is 3.96. The van der Waals surface area contributed by atoms with E-state index in [1.807, 2.05) is 0 Å². The van der Waals surface area contributed by atoms with Crippen molar-refractivity contribution >= 4 is 27.4 Å². The van der Waals surface area contributed by atoms with Crippen LogP contribution in [0.3, 0.4) is 0 Å². The normalized spacial score (nSPS) is 18.0. The largest absolute Gasteiger partial charge is 0.401 e. The Morgan fingerprint density at radius 2 is 1.94 bits per heavy atom. The molecule has 0 atom stereocenters. The Kier molecular flexibility index (Phi) is 7.30. The minimum atomic E-state index is -4.16. The molecule has 1 saturated heterocycles. The van der Waals surface area contributed by atoms with Gasteiger partial charge in [0.15, 0.2) is 0 Å². The predicted octanol–water partition coefficient (Wildman–Crippen LogP) is 3.70. The van der Waals surface area contributed by atoms with Crippen molar-refractivity contribution in [2.24, 2.45) is 0 Å². The summed E-state index contributed by atoms with van der Waals surface area (Å²) in [6, 6.07) is 0. The molecule has 2 aromatic rings. The third-order valence-electron chi connectivity index (χ3n) is 5.79. The van der Waals surface area contributed by atoms with Gasteiger partial charge in [-0.2, -0.15) is 13.2 Å². The molecule has 0 saturated carbocycles. The second-order valence-electron chi connectivity index (χ2n) is 8.40. The molecule has 2 aliphatic rings. The molecule has 1 aliphatic carbocycles. The highest BCUT2D eigenvalue weighted by Crippen LogP contribution is 2.38. The number of hydrogen-bond donors (Lipinski definition) is 1. The van der Waals surface area contributed by atoms with Gasteiger partial charge in [0.2, 0.25) is 0 Å². The zero-order valence-corrected chi connectivity index (χ0v) is 18.7. The lowest BCUT2D eigenvalue weighted by Gasteiger charge is -2.26. The topological polar surface area (TPSA) is 53.5 Å². The molecule has 172 valence electrons. The average Bonchev–Trinajstić information content (AvgIpc) is 3.09. The molecule has 0 bridgehead atoms. The number of fused-ring (bicyclic) bond motifs is 3. The number of aryl methyl sites for hydroxylation is 2. The number of alkyl halides is 3. The number of ether oxygens (including phenoxy) is 1. The number of rotatable bonds is 8. The lowest BCUT2D eigenvalue weighted by atomic mass is 9.97. The number of anilines is 1. The van der Waals surface area contributed by atoms with Crippen LogP contribution in [0, 0.1) is 0 Å². The van der Waals surface area contributed by atoms with Crippen molar-refractivity contribution in [3.8, 4) is 0 Å². The summed E-state index contributed by atoms with van der Waals surface area (Å²) in [5.74, 6) is 1.64. The van der Waals surface area contributed by atoms with Crippen molar-refractivity contribution < 1.29 is 17.9 Å². The van der Waals surface area contributed by atoms with E-state index in [0.29, 0.717) is 26.1 Å². The van der Waals surface area contributed by atoms with Crippen molar-refractivity contribution in [3.05, 3.63) is 16.3 Å². The molecular formula is C21H30F3N5OS. The van der Waals surface area contributed by atoms with E-state index in [1.54, 1.807) is 11.3 Å². The lowest BCUT2D eigenvalue weighted by Crippen LogP contribution is -2.36. The Balaban J connectivity index is 1.48. The molecule has 0 spiro atoms. The van der Waals surface area contributed by atoms with E-state index < -0.39 is 12.7 Å². The highest BCUT2D eigenvalue weighted by molar-refractivity contribution is 7.19. The molecule has 1 fully saturated rings. The number of aromatic nitrogens is 2. The number of nitrogens with zero attached hydrogens (tertiary/aromatic N) is 4. The quantitative estimate of drug-likeness (QED) is 0.610. The fraction of sp³-hybridized carbons (Fsp3) is 0.714. The minimum absolute atomic E-state index is 0.378. The van der Waals surface area contributed by atoms with Crippen LogP contribution in [0.15, 0.2) is 0 Å². The van der Waals surface area contributed by atoms with E-state index in [-0.39, 0.29) is 0 Å².